The van der Waals surface area contributed by atoms with Crippen LogP contribution in [0, 0.1) is 28.6 Å². The molecule has 4 rings (SSSR count). The number of ketones is 2. The summed E-state index contributed by atoms with van der Waals surface area (Å²) in [5.74, 6) is -1.58. The standard InChI is InChI=1S/C28H39FO5S/c1-7-24(33)34-28(23(32)15-35-16(2)3)17(4)12-21-20-9-8-18-13-19(30)10-11-25(18,5)27(20,29)22(31)14-26(21,28)6/h10-11,13,16-17,20-22,31H,7-9,12,14-15H2,1-6H3/t17-,20-,21-,22-,25-,26-,27-,28-/m0/s1. The van der Waals surface area contributed by atoms with E-state index >= 15 is 4.39 Å². The minimum atomic E-state index is -1.97. The monoisotopic (exact) mass is 506 g/mol. The van der Waals surface area contributed by atoms with E-state index in [0.29, 0.717) is 19.3 Å². The molecule has 4 aliphatic carbocycles. The van der Waals surface area contributed by atoms with Crippen molar-refractivity contribution in [1.29, 1.82) is 0 Å². The third-order valence-corrected chi connectivity index (χ3v) is 10.8. The molecule has 3 saturated carbocycles. The van der Waals surface area contributed by atoms with Crippen molar-refractivity contribution in [2.75, 3.05) is 5.75 Å². The predicted octanol–water partition coefficient (Wildman–Crippen LogP) is 5.01. The fraction of sp³-hybridized carbons (Fsp3) is 0.750. The molecule has 0 heterocycles. The average Bonchev–Trinajstić information content (AvgIpc) is 3.00. The van der Waals surface area contributed by atoms with Gasteiger partial charge in [-0.15, -0.1) is 0 Å². The summed E-state index contributed by atoms with van der Waals surface area (Å²) >= 11 is 1.51. The van der Waals surface area contributed by atoms with Gasteiger partial charge in [-0.25, -0.2) is 4.39 Å². The number of aliphatic hydroxyl groups excluding tert-OH is 1. The quantitative estimate of drug-likeness (QED) is 0.511. The molecule has 3 fully saturated rings. The highest BCUT2D eigenvalue weighted by atomic mass is 32.2. The third kappa shape index (κ3) is 3.54. The van der Waals surface area contributed by atoms with Crippen molar-refractivity contribution in [3.63, 3.8) is 0 Å². The van der Waals surface area contributed by atoms with Crippen LogP contribution in [0.5, 0.6) is 0 Å². The molecule has 35 heavy (non-hydrogen) atoms. The van der Waals surface area contributed by atoms with Crippen LogP contribution in [0.15, 0.2) is 23.8 Å². The average molecular weight is 507 g/mol. The molecule has 7 heteroatoms. The number of carbonyl (C=O) groups excluding carboxylic acids is 3. The van der Waals surface area contributed by atoms with Crippen molar-refractivity contribution in [2.24, 2.45) is 28.6 Å². The van der Waals surface area contributed by atoms with Crippen molar-refractivity contribution in [3.8, 4) is 0 Å². The van der Waals surface area contributed by atoms with Crippen molar-refractivity contribution in [3.05, 3.63) is 23.8 Å². The summed E-state index contributed by atoms with van der Waals surface area (Å²) in [6.45, 7) is 11.4. The molecule has 8 atom stereocenters. The van der Waals surface area contributed by atoms with Crippen LogP contribution in [0.25, 0.3) is 0 Å². The van der Waals surface area contributed by atoms with E-state index in [9.17, 15) is 19.5 Å². The maximum Gasteiger partial charge on any atom is 0.306 e. The Morgan fingerprint density at radius 3 is 2.60 bits per heavy atom. The number of halogens is 1. The maximum absolute atomic E-state index is 17.4. The summed E-state index contributed by atoms with van der Waals surface area (Å²) in [5, 5.41) is 11.8. The summed E-state index contributed by atoms with van der Waals surface area (Å²) in [7, 11) is 0. The molecule has 0 aliphatic heterocycles. The van der Waals surface area contributed by atoms with Gasteiger partial charge in [-0.3, -0.25) is 14.4 Å². The van der Waals surface area contributed by atoms with Crippen molar-refractivity contribution < 1.29 is 28.6 Å². The molecule has 0 amide bonds. The van der Waals surface area contributed by atoms with Crippen molar-refractivity contribution in [2.45, 2.75) is 96.3 Å². The molecule has 0 aromatic carbocycles. The van der Waals surface area contributed by atoms with Gasteiger partial charge in [0.15, 0.2) is 22.8 Å². The zero-order valence-corrected chi connectivity index (χ0v) is 22.5. The molecule has 0 unspecified atom stereocenters. The lowest BCUT2D eigenvalue weighted by Crippen LogP contribution is -2.70. The predicted molar refractivity (Wildman–Crippen MR) is 135 cm³/mol. The van der Waals surface area contributed by atoms with Gasteiger partial charge < -0.3 is 9.84 Å². The highest BCUT2D eigenvalue weighted by Crippen LogP contribution is 2.71. The molecule has 0 bridgehead atoms. The summed E-state index contributed by atoms with van der Waals surface area (Å²) in [6, 6.07) is 0. The summed E-state index contributed by atoms with van der Waals surface area (Å²) in [6.07, 6.45) is 4.96. The molecular weight excluding hydrogens is 467 g/mol. The Hall–Kier alpha value is -1.47. The van der Waals surface area contributed by atoms with E-state index < -0.39 is 40.1 Å². The van der Waals surface area contributed by atoms with E-state index in [4.69, 9.17) is 4.74 Å². The fourth-order valence-electron chi connectivity index (χ4n) is 8.00. The summed E-state index contributed by atoms with van der Waals surface area (Å²) < 4.78 is 23.5. The van der Waals surface area contributed by atoms with Crippen LogP contribution in [-0.2, 0) is 19.1 Å². The molecule has 194 valence electrons. The van der Waals surface area contributed by atoms with Crippen LogP contribution >= 0.6 is 11.8 Å². The van der Waals surface area contributed by atoms with Gasteiger partial charge in [-0.2, -0.15) is 11.8 Å². The Labute approximate surface area is 212 Å². The van der Waals surface area contributed by atoms with Crippen LogP contribution in [0.1, 0.15) is 73.6 Å². The van der Waals surface area contributed by atoms with E-state index in [1.54, 1.807) is 19.9 Å². The maximum atomic E-state index is 17.4. The third-order valence-electron chi connectivity index (χ3n) is 9.71. The molecule has 0 aromatic rings. The Morgan fingerprint density at radius 2 is 1.97 bits per heavy atom. The zero-order valence-electron chi connectivity index (χ0n) is 21.7. The van der Waals surface area contributed by atoms with Gasteiger partial charge >= 0.3 is 5.97 Å². The number of ether oxygens (including phenoxy) is 1. The number of rotatable bonds is 6. The van der Waals surface area contributed by atoms with Gasteiger partial charge in [0.05, 0.1) is 11.9 Å². The van der Waals surface area contributed by atoms with E-state index in [1.807, 2.05) is 27.7 Å². The van der Waals surface area contributed by atoms with Crippen LogP contribution in [0.2, 0.25) is 0 Å². The van der Waals surface area contributed by atoms with Gasteiger partial charge in [0.25, 0.3) is 0 Å². The largest absolute Gasteiger partial charge is 0.450 e. The Bertz CT molecular complexity index is 990. The van der Waals surface area contributed by atoms with Gasteiger partial charge in [0, 0.05) is 29.1 Å². The molecule has 0 radical (unpaired) electrons. The van der Waals surface area contributed by atoms with Gasteiger partial charge in [-0.1, -0.05) is 46.3 Å². The molecule has 5 nitrogen and oxygen atoms in total. The number of thioether (sulfide) groups is 1. The fourth-order valence-corrected chi connectivity index (χ4v) is 8.70. The number of hydrogen-bond donors (Lipinski definition) is 1. The second kappa shape index (κ2) is 8.83. The molecule has 0 aromatic heterocycles. The Balaban J connectivity index is 1.81. The van der Waals surface area contributed by atoms with Gasteiger partial charge in [0.1, 0.15) is 0 Å². The molecule has 1 N–H and O–H groups in total. The number of aliphatic hydroxyl groups is 1. The first-order valence-corrected chi connectivity index (χ1v) is 14.0. The highest BCUT2D eigenvalue weighted by Gasteiger charge is 2.77. The normalized spacial score (nSPS) is 44.4. The topological polar surface area (TPSA) is 80.7 Å². The van der Waals surface area contributed by atoms with Crippen LogP contribution in [0.4, 0.5) is 4.39 Å². The molecule has 4 aliphatic rings. The minimum absolute atomic E-state index is 0.0226. The van der Waals surface area contributed by atoms with Crippen molar-refractivity contribution in [1.82, 2.24) is 0 Å². The number of alkyl halides is 1. The second-order valence-corrected chi connectivity index (χ2v) is 13.3. The molecule has 0 saturated heterocycles. The first-order chi connectivity index (χ1) is 16.3. The van der Waals surface area contributed by atoms with E-state index in [1.165, 1.54) is 23.9 Å². The first-order valence-electron chi connectivity index (χ1n) is 13.0. The summed E-state index contributed by atoms with van der Waals surface area (Å²) in [5.41, 5.74) is -4.62. The summed E-state index contributed by atoms with van der Waals surface area (Å²) in [4.78, 5) is 38.7. The number of Topliss-reactive ketones (excluding diaryl/α,β-unsaturated/α-hetero) is 1. The number of carbonyl (C=O) groups is 3. The zero-order chi connectivity index (χ0) is 26.0. The first kappa shape index (κ1) is 26.6. The number of hydrogen-bond acceptors (Lipinski definition) is 6. The van der Waals surface area contributed by atoms with Crippen LogP contribution < -0.4 is 0 Å². The molecule has 0 spiro atoms. The number of allylic oxidation sites excluding steroid dienone is 4. The second-order valence-electron chi connectivity index (χ2n) is 11.7. The lowest BCUT2D eigenvalue weighted by atomic mass is 9.44. The van der Waals surface area contributed by atoms with Crippen molar-refractivity contribution >= 4 is 29.3 Å². The number of fused-ring (bicyclic) bond motifs is 5. The Kier molecular flexibility index (Phi) is 6.71. The van der Waals surface area contributed by atoms with Gasteiger partial charge in [0.2, 0.25) is 0 Å². The SMILES string of the molecule is CCC(=O)O[C@]1(C(=O)CSC(C)C)[C@@H](C)C[C@H]2[C@@H]3CCC4=CC(=O)C=C[C@]4(C)[C@@]3(F)[C@@H](O)C[C@@]21C. The molecular formula is C28H39FO5S. The Morgan fingerprint density at radius 1 is 1.29 bits per heavy atom. The lowest BCUT2D eigenvalue weighted by Gasteiger charge is -2.62. The van der Waals surface area contributed by atoms with Crippen LogP contribution in [0.3, 0.4) is 0 Å². The van der Waals surface area contributed by atoms with Gasteiger partial charge in [-0.05, 0) is 55.9 Å². The lowest BCUT2D eigenvalue weighted by molar-refractivity contribution is -0.226. The van der Waals surface area contributed by atoms with E-state index in [-0.39, 0.29) is 47.2 Å². The van der Waals surface area contributed by atoms with E-state index in [2.05, 4.69) is 0 Å². The smallest absolute Gasteiger partial charge is 0.306 e. The minimum Gasteiger partial charge on any atom is -0.450 e. The van der Waals surface area contributed by atoms with E-state index in [0.717, 1.165) is 5.57 Å². The highest BCUT2D eigenvalue weighted by molar-refractivity contribution is 8.00. The van der Waals surface area contributed by atoms with Crippen LogP contribution in [-0.4, -0.2) is 51.0 Å². The number of esters is 1.